The van der Waals surface area contributed by atoms with Crippen molar-refractivity contribution in [3.05, 3.63) is 12.2 Å². The van der Waals surface area contributed by atoms with Gasteiger partial charge in [0.1, 0.15) is 0 Å². The minimum Gasteiger partial charge on any atom is -0.0924 e. The molecule has 0 radical (unpaired) electrons. The molecule has 0 aromatic heterocycles. The maximum atomic E-state index is 2.19. The Bertz CT molecular complexity index is 30.6. The van der Waals surface area contributed by atoms with Gasteiger partial charge in [0.2, 0.25) is 0 Å². The number of hydrogen-bond donors (Lipinski definition) is 0. The van der Waals surface area contributed by atoms with Gasteiger partial charge in [-0.15, -0.1) is 0 Å². The van der Waals surface area contributed by atoms with E-state index in [0.717, 1.165) is 0 Å². The summed E-state index contributed by atoms with van der Waals surface area (Å²) in [5.41, 5.74) is 0. The predicted octanol–water partition coefficient (Wildman–Crippen LogP) is 0.346. The fourth-order valence-corrected chi connectivity index (χ4v) is 0.707. The molecule has 0 rings (SSSR count). The number of rotatable bonds is 1. The van der Waals surface area contributed by atoms with Gasteiger partial charge >= 0.3 is 0 Å². The summed E-state index contributed by atoms with van der Waals surface area (Å²) in [5, 5.41) is 0. The highest BCUT2D eigenvalue weighted by Gasteiger charge is 1.52. The van der Waals surface area contributed by atoms with E-state index in [2.05, 4.69) is 19.1 Å². The Morgan fingerprint density at radius 3 is 2.40 bits per heavy atom. The zero-order chi connectivity index (χ0) is 4.12. The molecule has 0 heterocycles. The Labute approximate surface area is 36.3 Å². The van der Waals surface area contributed by atoms with Gasteiger partial charge in [0.15, 0.2) is 0 Å². The lowest BCUT2D eigenvalue weighted by Crippen LogP contribution is -1.51. The van der Waals surface area contributed by atoms with E-state index >= 15 is 0 Å². The van der Waals surface area contributed by atoms with Gasteiger partial charge in [-0.1, -0.05) is 12.2 Å². The molecule has 30 valence electrons. The first kappa shape index (κ1) is 4.96. The van der Waals surface area contributed by atoms with Crippen LogP contribution < -0.4 is 0 Å². The molecule has 0 bridgehead atoms. The van der Waals surface area contributed by atoms with Crippen molar-refractivity contribution in [3.8, 4) is 0 Å². The van der Waals surface area contributed by atoms with Gasteiger partial charge in [-0.2, -0.15) is 0 Å². The van der Waals surface area contributed by atoms with Gasteiger partial charge in [0.05, 0.1) is 0 Å². The van der Waals surface area contributed by atoms with Gasteiger partial charge in [-0.3, -0.25) is 0 Å². The van der Waals surface area contributed by atoms with Crippen LogP contribution in [-0.2, 0) is 0 Å². The third-order valence-corrected chi connectivity index (χ3v) is 0.943. The van der Waals surface area contributed by atoms with Gasteiger partial charge in [-0.25, -0.2) is 0 Å². The second kappa shape index (κ2) is 3.96. The first-order valence-corrected chi connectivity index (χ1v) is 3.44. The summed E-state index contributed by atoms with van der Waals surface area (Å²) in [7, 11) is 1.31. The normalized spacial score (nSPS) is 10.6. The molecule has 0 fully saturated rings. The van der Waals surface area contributed by atoms with Crippen molar-refractivity contribution in [3.63, 3.8) is 0 Å². The third-order valence-electron chi connectivity index (χ3n) is 0.471. The Balaban J connectivity index is 2.62. The molecule has 0 nitrogen and oxygen atoms in total. The Hall–Kier alpha value is -0.0431. The van der Waals surface area contributed by atoms with Crippen molar-refractivity contribution >= 4 is 10.2 Å². The molecule has 0 atom stereocenters. The molecule has 0 unspecified atom stereocenters. The largest absolute Gasteiger partial charge is 0.0924 e. The van der Waals surface area contributed by atoms with Crippen molar-refractivity contribution in [1.82, 2.24) is 0 Å². The lowest BCUT2D eigenvalue weighted by atomic mass is 10.6. The van der Waals surface area contributed by atoms with Crippen LogP contribution in [0.15, 0.2) is 12.2 Å². The molecular weight excluding hydrogens is 76.1 g/mol. The Morgan fingerprint density at radius 2 is 2.40 bits per heavy atom. The van der Waals surface area contributed by atoms with Gasteiger partial charge in [-0.05, 0) is 13.0 Å². The van der Waals surface area contributed by atoms with Crippen molar-refractivity contribution in [2.24, 2.45) is 0 Å². The van der Waals surface area contributed by atoms with Crippen LogP contribution in [0.5, 0.6) is 0 Å². The highest BCUT2D eigenvalue weighted by molar-refractivity contribution is 6.09. The van der Waals surface area contributed by atoms with E-state index in [1.165, 1.54) is 16.3 Å². The highest BCUT2D eigenvalue weighted by Crippen LogP contribution is 1.70. The number of hydrogen-bond acceptors (Lipinski definition) is 0. The van der Waals surface area contributed by atoms with Crippen LogP contribution in [0.4, 0.5) is 0 Å². The van der Waals surface area contributed by atoms with E-state index in [-0.39, 0.29) is 0 Å². The van der Waals surface area contributed by atoms with E-state index < -0.39 is 0 Å². The third kappa shape index (κ3) is 3.96. The van der Waals surface area contributed by atoms with Gasteiger partial charge in [0.25, 0.3) is 0 Å². The van der Waals surface area contributed by atoms with Crippen LogP contribution in [-0.4, -0.2) is 10.2 Å². The van der Waals surface area contributed by atoms with Crippen LogP contribution in [0.1, 0.15) is 6.92 Å². The van der Waals surface area contributed by atoms with Crippen LogP contribution in [0.25, 0.3) is 0 Å². The second-order valence-corrected chi connectivity index (χ2v) is 1.79. The molecule has 0 aromatic rings. The summed E-state index contributed by atoms with van der Waals surface area (Å²) in [6.45, 7) is 2.05. The summed E-state index contributed by atoms with van der Waals surface area (Å²) in [4.78, 5) is 0. The standard InChI is InChI=1S/C4H10Si/c1-2-3-4-5/h2-3H,4H2,1,5H3/b3-2+. The molecule has 1 heteroatoms. The first-order chi connectivity index (χ1) is 2.41. The molecule has 0 spiro atoms. The molecule has 5 heavy (non-hydrogen) atoms. The summed E-state index contributed by atoms with van der Waals surface area (Å²) >= 11 is 0. The van der Waals surface area contributed by atoms with E-state index in [0.29, 0.717) is 0 Å². The molecule has 0 aliphatic heterocycles. The minimum atomic E-state index is 1.30. The molecule has 0 saturated carbocycles. The SMILES string of the molecule is C/C=C/C[SiH3]. The van der Waals surface area contributed by atoms with Crippen molar-refractivity contribution < 1.29 is 0 Å². The van der Waals surface area contributed by atoms with Crippen molar-refractivity contribution in [1.29, 1.82) is 0 Å². The zero-order valence-corrected chi connectivity index (χ0v) is 5.86. The van der Waals surface area contributed by atoms with Gasteiger partial charge in [0, 0.05) is 10.2 Å². The van der Waals surface area contributed by atoms with Crippen LogP contribution in [0, 0.1) is 0 Å². The fraction of sp³-hybridized carbons (Fsp3) is 0.500. The minimum absolute atomic E-state index is 1.30. The molecule has 0 N–H and O–H groups in total. The van der Waals surface area contributed by atoms with Crippen LogP contribution >= 0.6 is 0 Å². The van der Waals surface area contributed by atoms with E-state index in [1.807, 2.05) is 0 Å². The zero-order valence-electron chi connectivity index (χ0n) is 3.86. The average molecular weight is 86.2 g/mol. The monoisotopic (exact) mass is 86.1 g/mol. The van der Waals surface area contributed by atoms with Crippen molar-refractivity contribution in [2.45, 2.75) is 13.0 Å². The van der Waals surface area contributed by atoms with E-state index in [9.17, 15) is 0 Å². The number of allylic oxidation sites excluding steroid dienone is 2. The summed E-state index contributed by atoms with van der Waals surface area (Å²) in [5.74, 6) is 0. The molecular formula is C4H10Si. The quantitative estimate of drug-likeness (QED) is 0.319. The summed E-state index contributed by atoms with van der Waals surface area (Å²) in [6, 6.07) is 1.30. The lowest BCUT2D eigenvalue weighted by molar-refractivity contribution is 1.63. The van der Waals surface area contributed by atoms with Crippen molar-refractivity contribution in [2.75, 3.05) is 0 Å². The maximum Gasteiger partial charge on any atom is 0.00754 e. The molecule has 0 saturated heterocycles. The molecule has 0 aliphatic carbocycles. The Morgan fingerprint density at radius 1 is 1.80 bits per heavy atom. The smallest absolute Gasteiger partial charge is 0.00754 e. The lowest BCUT2D eigenvalue weighted by Gasteiger charge is -1.64. The molecule has 0 aromatic carbocycles. The first-order valence-electron chi connectivity index (χ1n) is 2.03. The van der Waals surface area contributed by atoms with E-state index in [4.69, 9.17) is 0 Å². The maximum absolute atomic E-state index is 2.19. The summed E-state index contributed by atoms with van der Waals surface area (Å²) in [6.07, 6.45) is 4.28. The van der Waals surface area contributed by atoms with Crippen LogP contribution in [0.2, 0.25) is 6.04 Å². The fourth-order valence-electron chi connectivity index (χ4n) is 0.236. The average Bonchev–Trinajstić information content (AvgIpc) is 1.41. The predicted molar refractivity (Wildman–Crippen MR) is 29.6 cm³/mol. The molecule has 0 aliphatic rings. The Kier molecular flexibility index (Phi) is 3.92. The van der Waals surface area contributed by atoms with Gasteiger partial charge < -0.3 is 0 Å². The summed E-state index contributed by atoms with van der Waals surface area (Å²) < 4.78 is 0. The van der Waals surface area contributed by atoms with Crippen LogP contribution in [0.3, 0.4) is 0 Å². The van der Waals surface area contributed by atoms with E-state index in [1.54, 1.807) is 0 Å². The second-order valence-electron chi connectivity index (χ2n) is 0.977. The molecule has 0 amide bonds. The topological polar surface area (TPSA) is 0 Å². The highest BCUT2D eigenvalue weighted by atomic mass is 28.1.